The zero-order valence-electron chi connectivity index (χ0n) is 20.0. The molecular formula is C28H25N5O3S. The number of thiazole rings is 1. The molecule has 1 fully saturated rings. The van der Waals surface area contributed by atoms with Gasteiger partial charge in [-0.1, -0.05) is 96.2 Å². The molecule has 2 amide bonds. The summed E-state index contributed by atoms with van der Waals surface area (Å²) in [7, 11) is 1.36. The molecule has 0 radical (unpaired) electrons. The van der Waals surface area contributed by atoms with Crippen molar-refractivity contribution in [3.63, 3.8) is 0 Å². The minimum Gasteiger partial charge on any atom is -0.398 e. The van der Waals surface area contributed by atoms with Gasteiger partial charge in [0.1, 0.15) is 24.4 Å². The maximum absolute atomic E-state index is 12.9. The number of carbonyl (C=O) groups excluding carboxylic acids is 2. The van der Waals surface area contributed by atoms with Gasteiger partial charge in [0.25, 0.3) is 5.91 Å². The Bertz CT molecular complexity index is 1310. The van der Waals surface area contributed by atoms with E-state index in [1.165, 1.54) is 18.4 Å². The smallest absolute Gasteiger partial charge is 0.276 e. The molecule has 1 saturated heterocycles. The molecule has 1 atom stereocenters. The molecule has 1 aliphatic heterocycles. The second-order valence-corrected chi connectivity index (χ2v) is 9.26. The lowest BCUT2D eigenvalue weighted by atomic mass is 9.77. The number of oxime groups is 1. The number of rotatable bonds is 9. The molecule has 1 aliphatic rings. The number of nitrogens with zero attached hydrogens (tertiary/aromatic N) is 2. The molecule has 1 unspecified atom stereocenters. The molecule has 1 aromatic heterocycles. The van der Waals surface area contributed by atoms with Crippen LogP contribution in [-0.2, 0) is 20.0 Å². The third kappa shape index (κ3) is 4.81. The molecule has 0 spiro atoms. The fraction of sp³-hybridized carbons (Fsp3) is 0.143. The Morgan fingerprint density at radius 2 is 1.51 bits per heavy atom. The van der Waals surface area contributed by atoms with Crippen molar-refractivity contribution in [1.29, 1.82) is 0 Å². The van der Waals surface area contributed by atoms with Gasteiger partial charge in [0.15, 0.2) is 10.8 Å². The van der Waals surface area contributed by atoms with Crippen LogP contribution in [0.1, 0.15) is 22.4 Å². The highest BCUT2D eigenvalue weighted by atomic mass is 32.1. The van der Waals surface area contributed by atoms with Crippen LogP contribution in [0.15, 0.2) is 102 Å². The summed E-state index contributed by atoms with van der Waals surface area (Å²) in [4.78, 5) is 34.2. The van der Waals surface area contributed by atoms with Crippen molar-refractivity contribution in [2.24, 2.45) is 5.16 Å². The topological polar surface area (TPSA) is 105 Å². The van der Waals surface area contributed by atoms with Crippen molar-refractivity contribution in [2.45, 2.75) is 11.6 Å². The molecule has 4 aromatic rings. The van der Waals surface area contributed by atoms with Crippen LogP contribution in [0.2, 0.25) is 0 Å². The van der Waals surface area contributed by atoms with E-state index in [9.17, 15) is 9.59 Å². The van der Waals surface area contributed by atoms with E-state index in [1.807, 2.05) is 54.6 Å². The number of β-lactam (4-membered cyclic amide) rings is 1. The molecule has 0 aliphatic carbocycles. The maximum atomic E-state index is 12.9. The molecule has 3 aromatic carbocycles. The summed E-state index contributed by atoms with van der Waals surface area (Å²) in [6.45, 7) is 0.377. The number of aromatic nitrogens is 1. The Balaban J connectivity index is 1.56. The van der Waals surface area contributed by atoms with Crippen molar-refractivity contribution in [3.8, 4) is 0 Å². The van der Waals surface area contributed by atoms with Gasteiger partial charge in [-0.25, -0.2) is 4.98 Å². The molecule has 37 heavy (non-hydrogen) atoms. The van der Waals surface area contributed by atoms with Gasteiger partial charge in [-0.3, -0.25) is 9.59 Å². The van der Waals surface area contributed by atoms with Gasteiger partial charge in [0.05, 0.1) is 0 Å². The standard InChI is InChI=1S/C28H25N5O3S/c1-36-33-24(26(35)30-22-17-29-25(22)34)23-18-37-27(31-23)32-28(19-11-5-2-6-12-19,20-13-7-3-8-14-20)21-15-9-4-10-16-21/h2-16,18,22H,17H2,1H3,(H,29,34)(H,30,35)(H,31,32)/b33-24+. The fourth-order valence-corrected chi connectivity index (χ4v) is 5.06. The van der Waals surface area contributed by atoms with Crippen molar-refractivity contribution in [1.82, 2.24) is 15.6 Å². The van der Waals surface area contributed by atoms with Crippen LogP contribution in [0.5, 0.6) is 0 Å². The molecule has 9 heteroatoms. The first-order valence-electron chi connectivity index (χ1n) is 11.7. The van der Waals surface area contributed by atoms with Crippen molar-refractivity contribution in [2.75, 3.05) is 19.0 Å². The van der Waals surface area contributed by atoms with Crippen LogP contribution < -0.4 is 16.0 Å². The van der Waals surface area contributed by atoms with Crippen LogP contribution in [0.3, 0.4) is 0 Å². The number of hydrogen-bond acceptors (Lipinski definition) is 7. The van der Waals surface area contributed by atoms with E-state index in [0.29, 0.717) is 17.4 Å². The van der Waals surface area contributed by atoms with E-state index in [-0.39, 0.29) is 11.6 Å². The SMILES string of the molecule is CO/N=C(/C(=O)NC1CNC1=O)c1csc(NC(c2ccccc2)(c2ccccc2)c2ccccc2)n1. The van der Waals surface area contributed by atoms with Crippen molar-refractivity contribution >= 4 is 34.0 Å². The summed E-state index contributed by atoms with van der Waals surface area (Å²) in [5.41, 5.74) is 2.67. The van der Waals surface area contributed by atoms with Gasteiger partial charge in [-0.2, -0.15) is 0 Å². The highest BCUT2D eigenvalue weighted by Crippen LogP contribution is 2.40. The lowest BCUT2D eigenvalue weighted by Gasteiger charge is -2.36. The summed E-state index contributed by atoms with van der Waals surface area (Å²) >= 11 is 1.35. The van der Waals surface area contributed by atoms with Gasteiger partial charge in [0.2, 0.25) is 5.91 Å². The van der Waals surface area contributed by atoms with Gasteiger partial charge < -0.3 is 20.8 Å². The van der Waals surface area contributed by atoms with Crippen LogP contribution in [0.4, 0.5) is 5.13 Å². The molecule has 3 N–H and O–H groups in total. The average Bonchev–Trinajstić information content (AvgIpc) is 3.41. The summed E-state index contributed by atoms with van der Waals surface area (Å²) in [5, 5.41) is 15.2. The first-order chi connectivity index (χ1) is 18.1. The first-order valence-corrected chi connectivity index (χ1v) is 12.6. The first kappa shape index (κ1) is 24.2. The Hall–Kier alpha value is -4.50. The maximum Gasteiger partial charge on any atom is 0.276 e. The fourth-order valence-electron chi connectivity index (χ4n) is 4.31. The van der Waals surface area contributed by atoms with Crippen molar-refractivity contribution < 1.29 is 14.4 Å². The molecule has 0 saturated carbocycles. The number of hydrogen-bond donors (Lipinski definition) is 3. The average molecular weight is 512 g/mol. The molecule has 2 heterocycles. The number of benzene rings is 3. The van der Waals surface area contributed by atoms with Gasteiger partial charge in [0, 0.05) is 11.9 Å². The monoisotopic (exact) mass is 511 g/mol. The van der Waals surface area contributed by atoms with Gasteiger partial charge in [-0.15, -0.1) is 11.3 Å². The predicted octanol–water partition coefficient (Wildman–Crippen LogP) is 3.51. The predicted molar refractivity (Wildman–Crippen MR) is 143 cm³/mol. The summed E-state index contributed by atoms with van der Waals surface area (Å²) in [6, 6.07) is 29.9. The lowest BCUT2D eigenvalue weighted by Crippen LogP contribution is -2.62. The largest absolute Gasteiger partial charge is 0.398 e. The normalized spacial score (nSPS) is 15.3. The second kappa shape index (κ2) is 10.6. The number of nitrogens with one attached hydrogen (secondary N) is 3. The molecule has 186 valence electrons. The minimum absolute atomic E-state index is 0.00349. The number of anilines is 1. The van der Waals surface area contributed by atoms with Crippen molar-refractivity contribution in [3.05, 3.63) is 119 Å². The highest BCUT2D eigenvalue weighted by Gasteiger charge is 2.37. The van der Waals surface area contributed by atoms with Crippen LogP contribution >= 0.6 is 11.3 Å². The minimum atomic E-state index is -0.760. The van der Waals surface area contributed by atoms with E-state index in [1.54, 1.807) is 5.38 Å². The summed E-state index contributed by atoms with van der Waals surface area (Å²) < 4.78 is 0. The van der Waals surface area contributed by atoms with E-state index in [0.717, 1.165) is 16.7 Å². The molecule has 5 rings (SSSR count). The van der Waals surface area contributed by atoms with E-state index in [4.69, 9.17) is 9.82 Å². The number of carbonyl (C=O) groups is 2. The second-order valence-electron chi connectivity index (χ2n) is 8.40. The van der Waals surface area contributed by atoms with Gasteiger partial charge in [-0.05, 0) is 16.7 Å². The molecule has 8 nitrogen and oxygen atoms in total. The van der Waals surface area contributed by atoms with E-state index < -0.39 is 17.5 Å². The van der Waals surface area contributed by atoms with E-state index >= 15 is 0 Å². The molecule has 0 bridgehead atoms. The third-order valence-electron chi connectivity index (χ3n) is 6.16. The van der Waals surface area contributed by atoms with E-state index in [2.05, 4.69) is 57.5 Å². The molecular weight excluding hydrogens is 486 g/mol. The lowest BCUT2D eigenvalue weighted by molar-refractivity contribution is -0.131. The van der Waals surface area contributed by atoms with Gasteiger partial charge >= 0.3 is 0 Å². The Morgan fingerprint density at radius 3 is 1.95 bits per heavy atom. The van der Waals surface area contributed by atoms with Crippen LogP contribution in [0, 0.1) is 0 Å². The highest BCUT2D eigenvalue weighted by molar-refractivity contribution is 7.14. The summed E-state index contributed by atoms with van der Waals surface area (Å²) in [5.74, 6) is -0.761. The quantitative estimate of drug-likeness (QED) is 0.138. The Morgan fingerprint density at radius 1 is 0.973 bits per heavy atom. The third-order valence-corrected chi connectivity index (χ3v) is 6.92. The van der Waals surface area contributed by atoms with Crippen LogP contribution in [-0.4, -0.2) is 42.2 Å². The Labute approximate surface area is 218 Å². The Kier molecular flexibility index (Phi) is 6.96. The van der Waals surface area contributed by atoms with Crippen LogP contribution in [0.25, 0.3) is 0 Å². The zero-order valence-corrected chi connectivity index (χ0v) is 20.9. The zero-order chi connectivity index (χ0) is 25.7. The number of amides is 2. The summed E-state index contributed by atoms with van der Waals surface area (Å²) in [6.07, 6.45) is 0.